The Labute approximate surface area is 199 Å². The molecule has 0 bridgehead atoms. The number of hydrogen-bond acceptors (Lipinski definition) is 3. The third-order valence-electron chi connectivity index (χ3n) is 5.06. The number of aryl methyl sites for hydroxylation is 2. The molecule has 160 valence electrons. The largest absolute Gasteiger partial charge is 0.444 e. The quantitative estimate of drug-likeness (QED) is 0.478. The number of nitrogens with zero attached hydrogens (tertiary/aromatic N) is 3. The first-order chi connectivity index (χ1) is 13.6. The molecule has 0 fully saturated rings. The van der Waals surface area contributed by atoms with Crippen LogP contribution in [-0.4, -0.2) is 45.8 Å². The van der Waals surface area contributed by atoms with Crippen LogP contribution >= 0.6 is 45.2 Å². The van der Waals surface area contributed by atoms with Crippen molar-refractivity contribution in [3.8, 4) is 0 Å². The van der Waals surface area contributed by atoms with Gasteiger partial charge in [-0.3, -0.25) is 4.99 Å². The van der Waals surface area contributed by atoms with Crippen molar-refractivity contribution in [2.75, 3.05) is 19.6 Å². The summed E-state index contributed by atoms with van der Waals surface area (Å²) in [5.74, 6) is 0. The minimum atomic E-state index is -0.487. The first-order valence-electron chi connectivity index (χ1n) is 10.2. The molecular weight excluding hydrogens is 594 g/mol. The van der Waals surface area contributed by atoms with E-state index in [1.54, 1.807) is 4.90 Å². The Balaban J connectivity index is 1.88. The summed E-state index contributed by atoms with van der Waals surface area (Å²) in [5, 5.41) is 0. The van der Waals surface area contributed by atoms with E-state index in [-0.39, 0.29) is 6.09 Å². The van der Waals surface area contributed by atoms with E-state index in [0.29, 0.717) is 19.6 Å². The van der Waals surface area contributed by atoms with Crippen molar-refractivity contribution in [1.29, 1.82) is 0 Å². The molecule has 1 aromatic carbocycles. The third-order valence-corrected chi connectivity index (χ3v) is 8.52. The van der Waals surface area contributed by atoms with Gasteiger partial charge in [0.1, 0.15) is 5.60 Å². The van der Waals surface area contributed by atoms with Gasteiger partial charge >= 0.3 is 6.09 Å². The molecular formula is C21H30I2N4O2. The Bertz CT molecular complexity index is 985. The lowest BCUT2D eigenvalue weighted by Gasteiger charge is -2.26. The number of nitrogens with one attached hydrogen (secondary N) is 1. The molecule has 1 aliphatic rings. The smallest absolute Gasteiger partial charge is 0.410 e. The number of hydrogen-bond donors (Lipinski definition) is 1. The molecule has 0 saturated heterocycles. The minimum absolute atomic E-state index is 0.262. The summed E-state index contributed by atoms with van der Waals surface area (Å²) < 4.78 is 10.4. The van der Waals surface area contributed by atoms with E-state index < -0.39 is 5.60 Å². The molecule has 3 rings (SSSR count). The van der Waals surface area contributed by atoms with Gasteiger partial charge in [-0.2, -0.15) is 0 Å². The number of carbonyl (C=O) groups is 1. The van der Waals surface area contributed by atoms with Gasteiger partial charge in [0.15, 0.2) is 0 Å². The van der Waals surface area contributed by atoms with Gasteiger partial charge in [0.2, 0.25) is 5.62 Å². The lowest BCUT2D eigenvalue weighted by Crippen LogP contribution is -2.39. The zero-order valence-corrected chi connectivity index (χ0v) is 22.2. The van der Waals surface area contributed by atoms with E-state index in [0.717, 1.165) is 31.4 Å². The van der Waals surface area contributed by atoms with Crippen molar-refractivity contribution in [2.24, 2.45) is 4.99 Å². The normalized spacial score (nSPS) is 14.5. The van der Waals surface area contributed by atoms with Crippen molar-refractivity contribution in [3.05, 3.63) is 23.9 Å². The molecule has 1 aliphatic heterocycles. The van der Waals surface area contributed by atoms with Crippen molar-refractivity contribution in [2.45, 2.75) is 66.0 Å². The van der Waals surface area contributed by atoms with Crippen LogP contribution in [0.4, 0.5) is 4.79 Å². The van der Waals surface area contributed by atoms with Gasteiger partial charge in [-0.25, -0.2) is 4.79 Å². The highest BCUT2D eigenvalue weighted by Crippen LogP contribution is 2.33. The molecule has 8 heteroatoms. The monoisotopic (exact) mass is 624 g/mol. The van der Waals surface area contributed by atoms with Crippen LogP contribution in [-0.2, 0) is 17.7 Å². The van der Waals surface area contributed by atoms with Crippen LogP contribution in [0.25, 0.3) is 11.0 Å². The van der Waals surface area contributed by atoms with E-state index in [4.69, 9.17) is 9.73 Å². The zero-order chi connectivity index (χ0) is 21.3. The lowest BCUT2D eigenvalue weighted by molar-refractivity contribution is 0.0255. The maximum atomic E-state index is 12.5. The first-order valence-corrected chi connectivity index (χ1v) is 12.4. The Morgan fingerprint density at radius 1 is 1.28 bits per heavy atom. The summed E-state index contributed by atoms with van der Waals surface area (Å²) in [5.41, 5.74) is 5.73. The molecule has 1 N–H and O–H groups in total. The number of amides is 1. The number of aromatic amines is 1. The SMILES string of the molecule is CCCN(CC/N=c1/[nH]c2c(I)c(I)c(C)c3c2n1CCC3)C(=O)OC(C)(C)C. The van der Waals surface area contributed by atoms with E-state index >= 15 is 0 Å². The van der Waals surface area contributed by atoms with Crippen LogP contribution in [0.5, 0.6) is 0 Å². The number of benzene rings is 1. The first kappa shape index (κ1) is 22.9. The van der Waals surface area contributed by atoms with Gasteiger partial charge < -0.3 is 19.2 Å². The second-order valence-corrected chi connectivity index (χ2v) is 10.7. The Hall–Kier alpha value is -0.780. The molecule has 0 spiro atoms. The molecule has 0 radical (unpaired) electrons. The van der Waals surface area contributed by atoms with E-state index in [9.17, 15) is 4.79 Å². The average molecular weight is 624 g/mol. The molecule has 0 unspecified atom stereocenters. The maximum Gasteiger partial charge on any atom is 0.410 e. The van der Waals surface area contributed by atoms with Gasteiger partial charge in [-0.05, 0) is 103 Å². The molecule has 2 heterocycles. The molecule has 1 aromatic heterocycles. The Kier molecular flexibility index (Phi) is 7.23. The zero-order valence-electron chi connectivity index (χ0n) is 17.9. The Morgan fingerprint density at radius 2 is 2.00 bits per heavy atom. The van der Waals surface area contributed by atoms with Crippen LogP contribution in [0.2, 0.25) is 0 Å². The predicted octanol–water partition coefficient (Wildman–Crippen LogP) is 4.98. The fraction of sp³-hybridized carbons (Fsp3) is 0.619. The molecule has 2 aromatic rings. The Morgan fingerprint density at radius 3 is 2.66 bits per heavy atom. The number of aromatic nitrogens is 2. The van der Waals surface area contributed by atoms with E-state index in [1.807, 2.05) is 20.8 Å². The van der Waals surface area contributed by atoms with Gasteiger partial charge in [-0.1, -0.05) is 6.92 Å². The highest BCUT2D eigenvalue weighted by Gasteiger charge is 2.23. The highest BCUT2D eigenvalue weighted by molar-refractivity contribution is 14.1. The van der Waals surface area contributed by atoms with Gasteiger partial charge in [-0.15, -0.1) is 0 Å². The van der Waals surface area contributed by atoms with Crippen LogP contribution < -0.4 is 5.62 Å². The number of imidazole rings is 1. The molecule has 0 aliphatic carbocycles. The summed E-state index contributed by atoms with van der Waals surface area (Å²) in [6.07, 6.45) is 2.88. The minimum Gasteiger partial charge on any atom is -0.444 e. The highest BCUT2D eigenvalue weighted by atomic mass is 127. The number of halogens is 2. The predicted molar refractivity (Wildman–Crippen MR) is 133 cm³/mol. The van der Waals surface area contributed by atoms with Crippen molar-refractivity contribution < 1.29 is 9.53 Å². The summed E-state index contributed by atoms with van der Waals surface area (Å²) in [4.78, 5) is 22.6. The summed E-state index contributed by atoms with van der Waals surface area (Å²) in [7, 11) is 0. The molecule has 6 nitrogen and oxygen atoms in total. The van der Waals surface area contributed by atoms with Crippen LogP contribution in [0.15, 0.2) is 4.99 Å². The van der Waals surface area contributed by atoms with E-state index in [1.165, 1.54) is 29.3 Å². The third kappa shape index (κ3) is 4.94. The number of H-pyrrole nitrogens is 1. The summed E-state index contributed by atoms with van der Waals surface area (Å²) in [6, 6.07) is 0. The fourth-order valence-electron chi connectivity index (χ4n) is 3.77. The van der Waals surface area contributed by atoms with Gasteiger partial charge in [0.25, 0.3) is 0 Å². The second-order valence-electron chi connectivity index (χ2n) is 8.51. The van der Waals surface area contributed by atoms with Crippen molar-refractivity contribution >= 4 is 62.3 Å². The van der Waals surface area contributed by atoms with Gasteiger partial charge in [0.05, 0.1) is 21.1 Å². The van der Waals surface area contributed by atoms with Crippen LogP contribution in [0.3, 0.4) is 0 Å². The van der Waals surface area contributed by atoms with E-state index in [2.05, 4.69) is 68.6 Å². The number of ether oxygens (including phenoxy) is 1. The standard InChI is InChI=1S/C21H30I2N4O2/c1-6-10-26(20(28)29-21(3,4)5)12-9-24-19-25-17-16(23)15(22)13(2)14-8-7-11-27(19)18(14)17/h6-12H2,1-5H3,(H,24,25). The van der Waals surface area contributed by atoms with Crippen LogP contribution in [0.1, 0.15) is 51.7 Å². The van der Waals surface area contributed by atoms with Crippen LogP contribution in [0, 0.1) is 14.1 Å². The summed E-state index contributed by atoms with van der Waals surface area (Å²) in [6.45, 7) is 12.7. The average Bonchev–Trinajstić information content (AvgIpc) is 3.02. The molecule has 0 saturated carbocycles. The van der Waals surface area contributed by atoms with Gasteiger partial charge in [0, 0.05) is 23.2 Å². The fourth-order valence-corrected chi connectivity index (χ4v) is 5.16. The summed E-state index contributed by atoms with van der Waals surface area (Å²) >= 11 is 4.88. The number of carbonyl (C=O) groups excluding carboxylic acids is 1. The molecule has 0 atom stereocenters. The lowest BCUT2D eigenvalue weighted by atomic mass is 9.99. The van der Waals surface area contributed by atoms with Crippen molar-refractivity contribution in [3.63, 3.8) is 0 Å². The second kappa shape index (κ2) is 9.15. The topological polar surface area (TPSA) is 62.6 Å². The maximum absolute atomic E-state index is 12.5. The number of rotatable bonds is 5. The molecule has 29 heavy (non-hydrogen) atoms. The van der Waals surface area contributed by atoms with Crippen molar-refractivity contribution in [1.82, 2.24) is 14.5 Å². The molecule has 1 amide bonds.